The SMILES string of the molecule is C=CCNc1cc(N2CCC3(CC2)OCCO3)nc(C)n1. The van der Waals surface area contributed by atoms with Gasteiger partial charge in [-0.25, -0.2) is 9.97 Å². The Morgan fingerprint density at radius 2 is 2.05 bits per heavy atom. The Labute approximate surface area is 125 Å². The second-order valence-electron chi connectivity index (χ2n) is 5.42. The lowest BCUT2D eigenvalue weighted by molar-refractivity contribution is -0.169. The first-order valence-corrected chi connectivity index (χ1v) is 7.44. The first kappa shape index (κ1) is 14.3. The number of nitrogens with one attached hydrogen (secondary N) is 1. The van der Waals surface area contributed by atoms with E-state index in [9.17, 15) is 0 Å². The molecular formula is C15H22N4O2. The second kappa shape index (κ2) is 5.99. The van der Waals surface area contributed by atoms with Gasteiger partial charge in [-0.15, -0.1) is 6.58 Å². The van der Waals surface area contributed by atoms with Gasteiger partial charge in [-0.3, -0.25) is 0 Å². The summed E-state index contributed by atoms with van der Waals surface area (Å²) in [6, 6.07) is 1.99. The van der Waals surface area contributed by atoms with Gasteiger partial charge in [0.2, 0.25) is 0 Å². The number of nitrogens with zero attached hydrogens (tertiary/aromatic N) is 3. The van der Waals surface area contributed by atoms with E-state index in [1.807, 2.05) is 19.1 Å². The number of piperidine rings is 1. The van der Waals surface area contributed by atoms with Crippen LogP contribution in [0.4, 0.5) is 11.6 Å². The molecule has 0 saturated carbocycles. The van der Waals surface area contributed by atoms with Gasteiger partial charge in [0.05, 0.1) is 13.2 Å². The molecule has 2 aliphatic rings. The fourth-order valence-corrected chi connectivity index (χ4v) is 2.84. The normalized spacial score (nSPS) is 20.7. The summed E-state index contributed by atoms with van der Waals surface area (Å²) in [5.41, 5.74) is 0. The van der Waals surface area contributed by atoms with Crippen molar-refractivity contribution in [3.63, 3.8) is 0 Å². The van der Waals surface area contributed by atoms with Crippen LogP contribution in [0.15, 0.2) is 18.7 Å². The average molecular weight is 290 g/mol. The minimum Gasteiger partial charge on any atom is -0.366 e. The zero-order chi connectivity index (χ0) is 14.7. The maximum atomic E-state index is 5.76. The third-order valence-corrected chi connectivity index (χ3v) is 3.91. The summed E-state index contributed by atoms with van der Waals surface area (Å²) in [6.45, 7) is 9.51. The molecule has 21 heavy (non-hydrogen) atoms. The minimum absolute atomic E-state index is 0.345. The summed E-state index contributed by atoms with van der Waals surface area (Å²) < 4.78 is 11.5. The van der Waals surface area contributed by atoms with E-state index >= 15 is 0 Å². The highest BCUT2D eigenvalue weighted by molar-refractivity contribution is 5.50. The Bertz CT molecular complexity index is 504. The Morgan fingerprint density at radius 3 is 2.71 bits per heavy atom. The summed E-state index contributed by atoms with van der Waals surface area (Å²) in [4.78, 5) is 11.2. The van der Waals surface area contributed by atoms with Crippen molar-refractivity contribution in [2.75, 3.05) is 43.1 Å². The highest BCUT2D eigenvalue weighted by Gasteiger charge is 2.40. The Hall–Kier alpha value is -1.66. The van der Waals surface area contributed by atoms with Gasteiger partial charge in [0, 0.05) is 38.5 Å². The van der Waals surface area contributed by atoms with Crippen LogP contribution in [0.3, 0.4) is 0 Å². The standard InChI is InChI=1S/C15H22N4O2/c1-3-6-16-13-11-14(18-12(2)17-13)19-7-4-15(5-8-19)20-9-10-21-15/h3,11H,1,4-10H2,2H3,(H,16,17,18). The highest BCUT2D eigenvalue weighted by atomic mass is 16.7. The van der Waals surface area contributed by atoms with E-state index in [0.29, 0.717) is 19.8 Å². The molecular weight excluding hydrogens is 268 g/mol. The maximum Gasteiger partial charge on any atom is 0.171 e. The Morgan fingerprint density at radius 1 is 1.33 bits per heavy atom. The van der Waals surface area contributed by atoms with Gasteiger partial charge in [-0.05, 0) is 6.92 Å². The second-order valence-corrected chi connectivity index (χ2v) is 5.42. The van der Waals surface area contributed by atoms with Crippen LogP contribution in [0.5, 0.6) is 0 Å². The van der Waals surface area contributed by atoms with E-state index in [1.165, 1.54) is 0 Å². The van der Waals surface area contributed by atoms with Crippen LogP contribution >= 0.6 is 0 Å². The van der Waals surface area contributed by atoms with Gasteiger partial charge in [0.1, 0.15) is 17.5 Å². The summed E-state index contributed by atoms with van der Waals surface area (Å²) in [7, 11) is 0. The van der Waals surface area contributed by atoms with Crippen LogP contribution in [-0.4, -0.2) is 48.6 Å². The lowest BCUT2D eigenvalue weighted by Crippen LogP contribution is -2.45. The van der Waals surface area contributed by atoms with Crippen LogP contribution < -0.4 is 10.2 Å². The monoisotopic (exact) mass is 290 g/mol. The summed E-state index contributed by atoms with van der Waals surface area (Å²) in [6.07, 6.45) is 3.58. The zero-order valence-corrected chi connectivity index (χ0v) is 12.5. The molecule has 2 aliphatic heterocycles. The fraction of sp³-hybridized carbons (Fsp3) is 0.600. The van der Waals surface area contributed by atoms with Crippen LogP contribution in [0.1, 0.15) is 18.7 Å². The van der Waals surface area contributed by atoms with Gasteiger partial charge in [-0.2, -0.15) is 0 Å². The molecule has 0 amide bonds. The molecule has 1 N–H and O–H groups in total. The predicted octanol–water partition coefficient (Wildman–Crippen LogP) is 1.73. The molecule has 1 aromatic rings. The molecule has 2 saturated heterocycles. The van der Waals surface area contributed by atoms with E-state index in [1.54, 1.807) is 0 Å². The van der Waals surface area contributed by atoms with E-state index in [2.05, 4.69) is 26.8 Å². The fourth-order valence-electron chi connectivity index (χ4n) is 2.84. The number of hydrogen-bond acceptors (Lipinski definition) is 6. The predicted molar refractivity (Wildman–Crippen MR) is 81.5 cm³/mol. The molecule has 6 nitrogen and oxygen atoms in total. The van der Waals surface area contributed by atoms with Crippen LogP contribution in [0, 0.1) is 6.92 Å². The summed E-state index contributed by atoms with van der Waals surface area (Å²) in [5.74, 6) is 2.23. The summed E-state index contributed by atoms with van der Waals surface area (Å²) >= 11 is 0. The summed E-state index contributed by atoms with van der Waals surface area (Å²) in [5, 5.41) is 3.22. The molecule has 0 aromatic carbocycles. The molecule has 1 spiro atoms. The van der Waals surface area contributed by atoms with Gasteiger partial charge in [0.25, 0.3) is 0 Å². The lowest BCUT2D eigenvalue weighted by atomic mass is 10.0. The number of ether oxygens (including phenoxy) is 2. The molecule has 3 heterocycles. The maximum absolute atomic E-state index is 5.76. The van der Waals surface area contributed by atoms with Gasteiger partial charge in [-0.1, -0.05) is 6.08 Å². The van der Waals surface area contributed by atoms with Gasteiger partial charge in [0.15, 0.2) is 5.79 Å². The molecule has 2 fully saturated rings. The first-order chi connectivity index (χ1) is 10.2. The Balaban J connectivity index is 1.69. The van der Waals surface area contributed by atoms with Crippen molar-refractivity contribution in [1.29, 1.82) is 0 Å². The van der Waals surface area contributed by atoms with Crippen LogP contribution in [-0.2, 0) is 9.47 Å². The number of anilines is 2. The number of aryl methyl sites for hydroxylation is 1. The zero-order valence-electron chi connectivity index (χ0n) is 12.5. The molecule has 0 unspecified atom stereocenters. The van der Waals surface area contributed by atoms with Crippen molar-refractivity contribution < 1.29 is 9.47 Å². The van der Waals surface area contributed by atoms with E-state index in [-0.39, 0.29) is 5.79 Å². The third kappa shape index (κ3) is 3.16. The van der Waals surface area contributed by atoms with E-state index < -0.39 is 0 Å². The molecule has 0 atom stereocenters. The largest absolute Gasteiger partial charge is 0.366 e. The number of aromatic nitrogens is 2. The van der Waals surface area contributed by atoms with Crippen LogP contribution in [0.2, 0.25) is 0 Å². The molecule has 3 rings (SSSR count). The smallest absolute Gasteiger partial charge is 0.171 e. The van der Waals surface area contributed by atoms with Crippen molar-refractivity contribution in [1.82, 2.24) is 9.97 Å². The first-order valence-electron chi connectivity index (χ1n) is 7.44. The molecule has 0 radical (unpaired) electrons. The van der Waals surface area contributed by atoms with Crippen molar-refractivity contribution in [3.8, 4) is 0 Å². The molecule has 0 aliphatic carbocycles. The molecule has 1 aromatic heterocycles. The quantitative estimate of drug-likeness (QED) is 0.852. The van der Waals surface area contributed by atoms with Crippen molar-refractivity contribution in [2.24, 2.45) is 0 Å². The molecule has 0 bridgehead atoms. The lowest BCUT2D eigenvalue weighted by Gasteiger charge is -2.38. The van der Waals surface area contributed by atoms with Crippen molar-refractivity contribution >= 4 is 11.6 Å². The van der Waals surface area contributed by atoms with Gasteiger partial charge < -0.3 is 19.7 Å². The van der Waals surface area contributed by atoms with Crippen molar-refractivity contribution in [2.45, 2.75) is 25.6 Å². The Kier molecular flexibility index (Phi) is 4.07. The average Bonchev–Trinajstić information content (AvgIpc) is 2.93. The third-order valence-electron chi connectivity index (χ3n) is 3.91. The molecule has 6 heteroatoms. The highest BCUT2D eigenvalue weighted by Crippen LogP contribution is 2.33. The number of rotatable bonds is 4. The van der Waals surface area contributed by atoms with Gasteiger partial charge >= 0.3 is 0 Å². The number of hydrogen-bond donors (Lipinski definition) is 1. The van der Waals surface area contributed by atoms with Crippen molar-refractivity contribution in [3.05, 3.63) is 24.5 Å². The minimum atomic E-state index is -0.345. The van der Waals surface area contributed by atoms with E-state index in [0.717, 1.165) is 43.4 Å². The van der Waals surface area contributed by atoms with Crippen LogP contribution in [0.25, 0.3) is 0 Å². The van der Waals surface area contributed by atoms with E-state index in [4.69, 9.17) is 9.47 Å². The molecule has 114 valence electrons. The topological polar surface area (TPSA) is 59.5 Å².